The summed E-state index contributed by atoms with van der Waals surface area (Å²) < 4.78 is 5.16. The molecule has 0 atom stereocenters. The van der Waals surface area contributed by atoms with Crippen molar-refractivity contribution in [2.24, 2.45) is 5.92 Å². The van der Waals surface area contributed by atoms with Crippen molar-refractivity contribution in [1.82, 2.24) is 19.7 Å². The SMILES string of the molecule is COCCN(CC(=O)Nc1nc(CC(=O)N(CCN(C)C)Cc2ccccc2)cs1)C(=O)C1CCCCC1. The third-order valence-electron chi connectivity index (χ3n) is 6.68. The second kappa shape index (κ2) is 15.6. The average molecular weight is 544 g/mol. The zero-order valence-corrected chi connectivity index (χ0v) is 23.7. The Morgan fingerprint density at radius 1 is 1.03 bits per heavy atom. The van der Waals surface area contributed by atoms with Crippen LogP contribution in [0.25, 0.3) is 0 Å². The molecule has 0 spiro atoms. The van der Waals surface area contributed by atoms with Crippen molar-refractivity contribution in [3.05, 3.63) is 47.0 Å². The van der Waals surface area contributed by atoms with Gasteiger partial charge in [-0.25, -0.2) is 4.98 Å². The van der Waals surface area contributed by atoms with Crippen LogP contribution in [0.15, 0.2) is 35.7 Å². The highest BCUT2D eigenvalue weighted by Crippen LogP contribution is 2.25. The molecular weight excluding hydrogens is 502 g/mol. The number of rotatable bonds is 14. The number of likely N-dealkylation sites (N-methyl/N-ethyl adjacent to an activating group) is 1. The minimum Gasteiger partial charge on any atom is -0.383 e. The number of carbonyl (C=O) groups excluding carboxylic acids is 3. The molecule has 1 aliphatic carbocycles. The number of hydrogen-bond acceptors (Lipinski definition) is 7. The van der Waals surface area contributed by atoms with Gasteiger partial charge in [0.2, 0.25) is 17.7 Å². The van der Waals surface area contributed by atoms with Crippen molar-refractivity contribution in [1.29, 1.82) is 0 Å². The van der Waals surface area contributed by atoms with Crippen molar-refractivity contribution in [2.45, 2.75) is 45.1 Å². The van der Waals surface area contributed by atoms with E-state index >= 15 is 0 Å². The number of thiazole rings is 1. The number of aromatic nitrogens is 1. The molecule has 1 heterocycles. The van der Waals surface area contributed by atoms with Gasteiger partial charge in [0, 0.05) is 44.6 Å². The lowest BCUT2D eigenvalue weighted by Gasteiger charge is -2.28. The first-order valence-electron chi connectivity index (χ1n) is 13.3. The number of hydrogen-bond donors (Lipinski definition) is 1. The van der Waals surface area contributed by atoms with E-state index in [9.17, 15) is 14.4 Å². The molecule has 1 fully saturated rings. The first kappa shape index (κ1) is 29.7. The van der Waals surface area contributed by atoms with Crippen LogP contribution < -0.4 is 5.32 Å². The van der Waals surface area contributed by atoms with Crippen LogP contribution >= 0.6 is 11.3 Å². The molecule has 1 saturated carbocycles. The summed E-state index contributed by atoms with van der Waals surface area (Å²) in [5, 5.41) is 5.04. The number of nitrogens with zero attached hydrogens (tertiary/aromatic N) is 4. The summed E-state index contributed by atoms with van der Waals surface area (Å²) in [6.45, 7) is 2.62. The van der Waals surface area contributed by atoms with Gasteiger partial charge in [0.05, 0.1) is 18.7 Å². The predicted octanol–water partition coefficient (Wildman–Crippen LogP) is 3.27. The topological polar surface area (TPSA) is 95.1 Å². The quantitative estimate of drug-likeness (QED) is 0.393. The summed E-state index contributed by atoms with van der Waals surface area (Å²) >= 11 is 1.29. The van der Waals surface area contributed by atoms with Crippen LogP contribution in [0.1, 0.15) is 43.4 Å². The van der Waals surface area contributed by atoms with Gasteiger partial charge in [-0.05, 0) is 32.5 Å². The summed E-state index contributed by atoms with van der Waals surface area (Å²) in [5.41, 5.74) is 1.69. The Morgan fingerprint density at radius 2 is 1.76 bits per heavy atom. The van der Waals surface area contributed by atoms with E-state index in [4.69, 9.17) is 4.74 Å². The highest BCUT2D eigenvalue weighted by atomic mass is 32.1. The number of nitrogens with one attached hydrogen (secondary N) is 1. The Labute approximate surface area is 230 Å². The fourth-order valence-electron chi connectivity index (χ4n) is 4.54. The molecule has 0 bridgehead atoms. The molecule has 10 heteroatoms. The molecular formula is C28H41N5O4S. The maximum Gasteiger partial charge on any atom is 0.245 e. The van der Waals surface area contributed by atoms with Crippen LogP contribution in [0, 0.1) is 5.92 Å². The number of anilines is 1. The van der Waals surface area contributed by atoms with Gasteiger partial charge in [-0.1, -0.05) is 49.6 Å². The lowest BCUT2D eigenvalue weighted by Crippen LogP contribution is -2.43. The summed E-state index contributed by atoms with van der Waals surface area (Å²) in [6.07, 6.45) is 5.19. The molecule has 3 amide bonds. The second-order valence-electron chi connectivity index (χ2n) is 10.1. The average Bonchev–Trinajstić information content (AvgIpc) is 3.35. The molecule has 1 aromatic heterocycles. The Bertz CT molecular complexity index is 1020. The predicted molar refractivity (Wildman–Crippen MR) is 150 cm³/mol. The number of methoxy groups -OCH3 is 1. The van der Waals surface area contributed by atoms with Crippen LogP contribution in [-0.2, 0) is 32.1 Å². The minimum absolute atomic E-state index is 0.0114. The van der Waals surface area contributed by atoms with Crippen molar-refractivity contribution in [3.8, 4) is 0 Å². The van der Waals surface area contributed by atoms with Crippen LogP contribution in [-0.4, -0.2) is 91.4 Å². The van der Waals surface area contributed by atoms with Crippen molar-refractivity contribution < 1.29 is 19.1 Å². The number of ether oxygens (including phenoxy) is 1. The Hall–Kier alpha value is -2.82. The molecule has 1 aliphatic rings. The Balaban J connectivity index is 1.57. The Kier molecular flexibility index (Phi) is 12.2. The Morgan fingerprint density at radius 3 is 2.45 bits per heavy atom. The first-order valence-corrected chi connectivity index (χ1v) is 14.2. The number of benzene rings is 1. The van der Waals surface area contributed by atoms with Gasteiger partial charge in [0.15, 0.2) is 5.13 Å². The van der Waals surface area contributed by atoms with E-state index in [1.54, 1.807) is 17.4 Å². The zero-order valence-electron chi connectivity index (χ0n) is 22.9. The minimum atomic E-state index is -0.297. The lowest BCUT2D eigenvalue weighted by atomic mass is 9.88. The van der Waals surface area contributed by atoms with E-state index in [0.29, 0.717) is 37.1 Å². The molecule has 38 heavy (non-hydrogen) atoms. The normalized spacial score (nSPS) is 13.9. The maximum atomic E-state index is 13.2. The summed E-state index contributed by atoms with van der Waals surface area (Å²) in [4.78, 5) is 49.0. The highest BCUT2D eigenvalue weighted by molar-refractivity contribution is 7.13. The second-order valence-corrected chi connectivity index (χ2v) is 10.9. The van der Waals surface area contributed by atoms with E-state index in [1.165, 1.54) is 11.3 Å². The largest absolute Gasteiger partial charge is 0.383 e. The van der Waals surface area contributed by atoms with Gasteiger partial charge in [0.25, 0.3) is 0 Å². The van der Waals surface area contributed by atoms with Gasteiger partial charge < -0.3 is 24.8 Å². The highest BCUT2D eigenvalue weighted by Gasteiger charge is 2.27. The van der Waals surface area contributed by atoms with Crippen LogP contribution in [0.5, 0.6) is 0 Å². The van der Waals surface area contributed by atoms with Crippen molar-refractivity contribution in [3.63, 3.8) is 0 Å². The van der Waals surface area contributed by atoms with Gasteiger partial charge in [-0.15, -0.1) is 11.3 Å². The first-order chi connectivity index (χ1) is 18.4. The maximum absolute atomic E-state index is 13.2. The fourth-order valence-corrected chi connectivity index (χ4v) is 5.26. The smallest absolute Gasteiger partial charge is 0.245 e. The molecule has 0 radical (unpaired) electrons. The number of amides is 3. The zero-order chi connectivity index (χ0) is 27.3. The van der Waals surface area contributed by atoms with Crippen LogP contribution in [0.2, 0.25) is 0 Å². The standard InChI is InChI=1S/C28H41N5O4S/c1-31(2)14-15-32(19-22-10-6-4-7-11-22)26(35)18-24-21-38-28(29-24)30-25(34)20-33(16-17-37-3)27(36)23-12-8-5-9-13-23/h4,6-7,10-11,21,23H,5,8-9,12-20H2,1-3H3,(H,29,30,34). The molecule has 1 N–H and O–H groups in total. The van der Waals surface area contributed by atoms with E-state index in [-0.39, 0.29) is 36.6 Å². The summed E-state index contributed by atoms with van der Waals surface area (Å²) in [7, 11) is 5.56. The van der Waals surface area contributed by atoms with E-state index in [2.05, 4.69) is 15.2 Å². The van der Waals surface area contributed by atoms with E-state index in [0.717, 1.165) is 44.2 Å². The molecule has 2 aromatic rings. The molecule has 0 aliphatic heterocycles. The summed E-state index contributed by atoms with van der Waals surface area (Å²) in [5.74, 6) is -0.298. The molecule has 3 rings (SSSR count). The van der Waals surface area contributed by atoms with Gasteiger partial charge in [-0.3, -0.25) is 14.4 Å². The van der Waals surface area contributed by atoms with Crippen LogP contribution in [0.3, 0.4) is 0 Å². The molecule has 208 valence electrons. The van der Waals surface area contributed by atoms with E-state index < -0.39 is 0 Å². The van der Waals surface area contributed by atoms with E-state index in [1.807, 2.05) is 49.3 Å². The van der Waals surface area contributed by atoms with Gasteiger partial charge in [-0.2, -0.15) is 0 Å². The number of carbonyl (C=O) groups is 3. The fraction of sp³-hybridized carbons (Fsp3) is 0.571. The molecule has 1 aromatic carbocycles. The molecule has 0 saturated heterocycles. The third kappa shape index (κ3) is 9.81. The third-order valence-corrected chi connectivity index (χ3v) is 7.49. The molecule has 9 nitrogen and oxygen atoms in total. The van der Waals surface area contributed by atoms with Gasteiger partial charge >= 0.3 is 0 Å². The lowest BCUT2D eigenvalue weighted by molar-refractivity contribution is -0.140. The van der Waals surface area contributed by atoms with Gasteiger partial charge in [0.1, 0.15) is 6.54 Å². The van der Waals surface area contributed by atoms with Crippen LogP contribution in [0.4, 0.5) is 5.13 Å². The molecule has 0 unspecified atom stereocenters. The monoisotopic (exact) mass is 543 g/mol. The summed E-state index contributed by atoms with van der Waals surface area (Å²) in [6, 6.07) is 9.93. The van der Waals surface area contributed by atoms with Crippen molar-refractivity contribution >= 4 is 34.2 Å². The van der Waals surface area contributed by atoms with Crippen molar-refractivity contribution in [2.75, 3.05) is 59.3 Å².